The monoisotopic (exact) mass is 560 g/mol. The van der Waals surface area contributed by atoms with Crippen LogP contribution in [0.15, 0.2) is 78.9 Å². The Labute approximate surface area is 236 Å². The number of carbonyl (C=O) groups excluding carboxylic acids is 2. The molecule has 8 nitrogen and oxygen atoms in total. The Morgan fingerprint density at radius 3 is 2.12 bits per heavy atom. The van der Waals surface area contributed by atoms with Crippen molar-refractivity contribution in [3.8, 4) is 0 Å². The zero-order valence-corrected chi connectivity index (χ0v) is 22.3. The van der Waals surface area contributed by atoms with Gasteiger partial charge in [-0.15, -0.1) is 0 Å². The second-order valence-electron chi connectivity index (χ2n) is 10.7. The third-order valence-electron chi connectivity index (χ3n) is 8.41. The van der Waals surface area contributed by atoms with Crippen LogP contribution in [0.3, 0.4) is 0 Å². The second kappa shape index (κ2) is 10.8. The smallest absolute Gasteiger partial charge is 0.329 e. The Bertz CT molecular complexity index is 1420. The van der Waals surface area contributed by atoms with Crippen LogP contribution in [-0.2, 0) is 4.79 Å². The SMILES string of the molecule is O=C(O)[C@@H]1[C@H]2CC[C@@H](CN1C(=O)N(c1ccccc1)c1ccccc1)N2C(=O)N1CCC[C@H]1c1cc(F)ccc1F. The van der Waals surface area contributed by atoms with Crippen LogP contribution in [0, 0.1) is 11.6 Å². The minimum atomic E-state index is -1.27. The number of amides is 4. The number of carboxylic acids is 1. The van der Waals surface area contributed by atoms with Gasteiger partial charge in [0.05, 0.1) is 29.5 Å². The van der Waals surface area contributed by atoms with E-state index in [4.69, 9.17) is 0 Å². The predicted octanol–water partition coefficient (Wildman–Crippen LogP) is 5.78. The number of halogens is 2. The molecule has 3 aromatic rings. The number of hydrogen-bond donors (Lipinski definition) is 1. The fraction of sp³-hybridized carbons (Fsp3) is 0.323. The van der Waals surface area contributed by atoms with E-state index in [1.165, 1.54) is 14.7 Å². The molecule has 3 aliphatic heterocycles. The van der Waals surface area contributed by atoms with Gasteiger partial charge in [-0.1, -0.05) is 36.4 Å². The molecule has 4 atom stereocenters. The Morgan fingerprint density at radius 1 is 0.829 bits per heavy atom. The third kappa shape index (κ3) is 4.77. The summed E-state index contributed by atoms with van der Waals surface area (Å²) >= 11 is 0. The molecule has 0 saturated carbocycles. The maximum Gasteiger partial charge on any atom is 0.329 e. The van der Waals surface area contributed by atoms with E-state index in [-0.39, 0.29) is 12.1 Å². The third-order valence-corrected chi connectivity index (χ3v) is 8.41. The first-order chi connectivity index (χ1) is 19.8. The molecule has 3 aliphatic rings. The topological polar surface area (TPSA) is 84.4 Å². The number of aliphatic carboxylic acids is 1. The van der Waals surface area contributed by atoms with Crippen LogP contribution in [0.4, 0.5) is 29.7 Å². The zero-order chi connectivity index (χ0) is 28.7. The average Bonchev–Trinajstić information content (AvgIpc) is 3.58. The van der Waals surface area contributed by atoms with E-state index in [9.17, 15) is 28.3 Å². The molecular formula is C31H30F2N4O4. The minimum absolute atomic E-state index is 0.0427. The van der Waals surface area contributed by atoms with Crippen molar-refractivity contribution in [2.24, 2.45) is 0 Å². The van der Waals surface area contributed by atoms with Gasteiger partial charge in [0.25, 0.3) is 0 Å². The first-order valence-electron chi connectivity index (χ1n) is 13.8. The molecule has 2 bridgehead atoms. The summed E-state index contributed by atoms with van der Waals surface area (Å²) in [6.07, 6.45) is 2.05. The molecule has 0 aromatic heterocycles. The first kappa shape index (κ1) is 26.7. The van der Waals surface area contributed by atoms with Crippen LogP contribution in [0.2, 0.25) is 0 Å². The van der Waals surface area contributed by atoms with Crippen molar-refractivity contribution in [1.29, 1.82) is 0 Å². The van der Waals surface area contributed by atoms with E-state index in [1.807, 2.05) is 12.1 Å². The number of nitrogens with zero attached hydrogens (tertiary/aromatic N) is 4. The van der Waals surface area contributed by atoms with E-state index in [0.717, 1.165) is 18.2 Å². The van der Waals surface area contributed by atoms with Gasteiger partial charge in [0.15, 0.2) is 6.04 Å². The fourth-order valence-corrected chi connectivity index (χ4v) is 6.63. The van der Waals surface area contributed by atoms with Gasteiger partial charge in [-0.3, -0.25) is 4.90 Å². The Morgan fingerprint density at radius 2 is 1.49 bits per heavy atom. The van der Waals surface area contributed by atoms with Gasteiger partial charge in [0.1, 0.15) is 11.6 Å². The van der Waals surface area contributed by atoms with Crippen LogP contribution >= 0.6 is 0 Å². The van der Waals surface area contributed by atoms with Crippen molar-refractivity contribution in [2.75, 3.05) is 18.0 Å². The number of urea groups is 2. The van der Waals surface area contributed by atoms with Crippen LogP contribution in [0.1, 0.15) is 37.3 Å². The van der Waals surface area contributed by atoms with E-state index < -0.39 is 53.8 Å². The van der Waals surface area contributed by atoms with E-state index >= 15 is 0 Å². The first-order valence-corrected chi connectivity index (χ1v) is 13.8. The maximum atomic E-state index is 14.7. The van der Waals surface area contributed by atoms with Crippen LogP contribution < -0.4 is 4.90 Å². The van der Waals surface area contributed by atoms with Crippen molar-refractivity contribution in [2.45, 2.75) is 49.9 Å². The van der Waals surface area contributed by atoms with Gasteiger partial charge in [0.2, 0.25) is 0 Å². The molecule has 1 N–H and O–H groups in total. The standard InChI is InChI=1S/C31H30F2N4O4/c32-20-13-15-25(33)24(18-20)26-12-7-17-34(26)30(40)37-23-14-16-27(37)28(29(38)39)35(19-23)31(41)36(21-8-3-1-4-9-21)22-10-5-2-6-11-22/h1-6,8-11,13,15,18,23,26-28H,7,12,14,16-17,19H2,(H,38,39)/t23-,26-,27+,28-/m0/s1. The highest BCUT2D eigenvalue weighted by molar-refractivity contribution is 6.01. The number of carboxylic acid groups (broad SMARTS) is 1. The zero-order valence-electron chi connectivity index (χ0n) is 22.3. The number of carbonyl (C=O) groups is 3. The number of benzene rings is 3. The van der Waals surface area contributed by atoms with Crippen molar-refractivity contribution in [1.82, 2.24) is 14.7 Å². The quantitative estimate of drug-likeness (QED) is 0.438. The molecule has 4 amide bonds. The van der Waals surface area contributed by atoms with Gasteiger partial charge in [-0.2, -0.15) is 0 Å². The summed E-state index contributed by atoms with van der Waals surface area (Å²) in [7, 11) is 0. The number of fused-ring (bicyclic) bond motifs is 2. The van der Waals surface area contributed by atoms with Gasteiger partial charge in [-0.05, 0) is 68.1 Å². The number of piperazine rings is 1. The van der Waals surface area contributed by atoms with Crippen molar-refractivity contribution >= 4 is 29.4 Å². The largest absolute Gasteiger partial charge is 0.480 e. The molecule has 0 aliphatic carbocycles. The number of anilines is 2. The molecule has 0 radical (unpaired) electrons. The van der Waals surface area contributed by atoms with Crippen molar-refractivity contribution < 1.29 is 28.3 Å². The second-order valence-corrected chi connectivity index (χ2v) is 10.7. The summed E-state index contributed by atoms with van der Waals surface area (Å²) in [6, 6.07) is 17.3. The molecule has 6 rings (SSSR count). The highest BCUT2D eigenvalue weighted by Gasteiger charge is 2.55. The lowest BCUT2D eigenvalue weighted by atomic mass is 10.0. The highest BCUT2D eigenvalue weighted by atomic mass is 19.1. The Balaban J connectivity index is 1.31. The van der Waals surface area contributed by atoms with Gasteiger partial charge < -0.3 is 19.8 Å². The number of hydrogen-bond acceptors (Lipinski definition) is 3. The summed E-state index contributed by atoms with van der Waals surface area (Å²) in [4.78, 5) is 46.9. The van der Waals surface area contributed by atoms with E-state index in [0.29, 0.717) is 43.6 Å². The van der Waals surface area contributed by atoms with E-state index in [1.54, 1.807) is 53.4 Å². The molecule has 41 heavy (non-hydrogen) atoms. The summed E-state index contributed by atoms with van der Waals surface area (Å²) in [5.74, 6) is -2.36. The summed E-state index contributed by atoms with van der Waals surface area (Å²) < 4.78 is 28.7. The van der Waals surface area contributed by atoms with Gasteiger partial charge >= 0.3 is 18.0 Å². The predicted molar refractivity (Wildman–Crippen MR) is 148 cm³/mol. The molecular weight excluding hydrogens is 530 g/mol. The molecule has 3 saturated heterocycles. The molecule has 212 valence electrons. The van der Waals surface area contributed by atoms with Crippen LogP contribution in [0.5, 0.6) is 0 Å². The molecule has 0 unspecified atom stereocenters. The van der Waals surface area contributed by atoms with Gasteiger partial charge in [0, 0.05) is 18.7 Å². The fourth-order valence-electron chi connectivity index (χ4n) is 6.63. The lowest BCUT2D eigenvalue weighted by Crippen LogP contribution is -2.67. The summed E-state index contributed by atoms with van der Waals surface area (Å²) in [6.45, 7) is 0.395. The van der Waals surface area contributed by atoms with Crippen molar-refractivity contribution in [3.63, 3.8) is 0 Å². The number of rotatable bonds is 4. The molecule has 0 spiro atoms. The summed E-state index contributed by atoms with van der Waals surface area (Å²) in [5, 5.41) is 10.4. The minimum Gasteiger partial charge on any atom is -0.480 e. The molecule has 3 fully saturated rings. The number of para-hydroxylation sites is 2. The van der Waals surface area contributed by atoms with Crippen molar-refractivity contribution in [3.05, 3.63) is 96.1 Å². The lowest BCUT2D eigenvalue weighted by molar-refractivity contribution is -0.145. The lowest BCUT2D eigenvalue weighted by Gasteiger charge is -2.47. The molecule has 10 heteroatoms. The molecule has 3 heterocycles. The molecule has 3 aromatic carbocycles. The van der Waals surface area contributed by atoms with Gasteiger partial charge in [-0.25, -0.2) is 23.2 Å². The summed E-state index contributed by atoms with van der Waals surface area (Å²) in [5.41, 5.74) is 1.31. The van der Waals surface area contributed by atoms with E-state index in [2.05, 4.69) is 0 Å². The Hall–Kier alpha value is -4.47. The normalized spacial score (nSPS) is 23.5. The van der Waals surface area contributed by atoms with Crippen LogP contribution in [0.25, 0.3) is 0 Å². The highest BCUT2D eigenvalue weighted by Crippen LogP contribution is 2.41. The number of likely N-dealkylation sites (tertiary alicyclic amines) is 2. The Kier molecular flexibility index (Phi) is 7.07. The maximum absolute atomic E-state index is 14.7. The average molecular weight is 561 g/mol. The van der Waals surface area contributed by atoms with Crippen LogP contribution in [-0.4, -0.2) is 69.1 Å².